The molecule has 1 aliphatic heterocycles. The number of piperidine rings is 1. The van der Waals surface area contributed by atoms with Crippen molar-refractivity contribution in [2.45, 2.75) is 121 Å². The average Bonchev–Trinajstić information content (AvgIpc) is 3.32. The molecular weight excluding hydrogens is 632 g/mol. The second kappa shape index (κ2) is 13.9. The Labute approximate surface area is 286 Å². The first kappa shape index (κ1) is 35.9. The van der Waals surface area contributed by atoms with E-state index in [1.165, 1.54) is 0 Å². The third kappa shape index (κ3) is 7.60. The first-order chi connectivity index (χ1) is 22.5. The molecule has 13 heteroatoms. The maximum absolute atomic E-state index is 14.4. The Bertz CT molecular complexity index is 1430. The van der Waals surface area contributed by atoms with Gasteiger partial charge in [0.2, 0.25) is 17.6 Å². The Morgan fingerprint density at radius 3 is 2.29 bits per heavy atom. The van der Waals surface area contributed by atoms with Crippen LogP contribution in [-0.4, -0.2) is 79.6 Å². The smallest absolute Gasteiger partial charge is 0.315 e. The van der Waals surface area contributed by atoms with Gasteiger partial charge in [0.25, 0.3) is 5.91 Å². The van der Waals surface area contributed by atoms with Gasteiger partial charge in [0.1, 0.15) is 17.1 Å². The van der Waals surface area contributed by atoms with Crippen molar-refractivity contribution in [1.29, 1.82) is 0 Å². The molecule has 3 saturated carbocycles. The molecule has 5 amide bonds. The van der Waals surface area contributed by atoms with E-state index in [1.54, 1.807) is 29.3 Å². The van der Waals surface area contributed by atoms with Gasteiger partial charge in [-0.2, -0.15) is 0 Å². The number of Topliss-reactive ketones (excluding diaryl/α,β-unsaturated/α-hetero) is 1. The van der Waals surface area contributed by atoms with Crippen LogP contribution < -0.4 is 21.7 Å². The van der Waals surface area contributed by atoms with Crippen LogP contribution in [0.5, 0.6) is 0 Å². The van der Waals surface area contributed by atoms with E-state index in [0.29, 0.717) is 30.8 Å². The van der Waals surface area contributed by atoms with E-state index in [0.717, 1.165) is 38.5 Å². The molecule has 5 rings (SSSR count). The highest BCUT2D eigenvalue weighted by molar-refractivity contribution is 7.85. The summed E-state index contributed by atoms with van der Waals surface area (Å²) >= 11 is 0. The van der Waals surface area contributed by atoms with E-state index in [4.69, 9.17) is 5.73 Å². The number of urea groups is 1. The molecule has 3 aliphatic carbocycles. The van der Waals surface area contributed by atoms with Crippen molar-refractivity contribution in [3.63, 3.8) is 0 Å². The Balaban J connectivity index is 1.33. The van der Waals surface area contributed by atoms with Crippen LogP contribution in [0.3, 0.4) is 0 Å². The molecule has 5 N–H and O–H groups in total. The summed E-state index contributed by atoms with van der Waals surface area (Å²) in [6, 6.07) is 1.87. The van der Waals surface area contributed by atoms with Crippen molar-refractivity contribution in [2.24, 2.45) is 34.3 Å². The van der Waals surface area contributed by atoms with Crippen molar-refractivity contribution in [3.05, 3.63) is 24.4 Å². The van der Waals surface area contributed by atoms with E-state index < -0.39 is 63.5 Å². The summed E-state index contributed by atoms with van der Waals surface area (Å²) in [5.41, 5.74) is 3.72. The molecule has 1 saturated heterocycles. The third-order valence-corrected chi connectivity index (χ3v) is 12.8. The highest BCUT2D eigenvalue weighted by Crippen LogP contribution is 2.65. The minimum atomic E-state index is -1.43. The van der Waals surface area contributed by atoms with Crippen LogP contribution in [0.4, 0.5) is 4.79 Å². The van der Waals surface area contributed by atoms with Crippen LogP contribution in [0.1, 0.15) is 92.4 Å². The molecule has 4 aliphatic rings. The third-order valence-electron chi connectivity index (χ3n) is 11.3. The van der Waals surface area contributed by atoms with Gasteiger partial charge in [0.15, 0.2) is 0 Å². The van der Waals surface area contributed by atoms with Crippen molar-refractivity contribution >= 4 is 40.3 Å². The highest BCUT2D eigenvalue weighted by Gasteiger charge is 2.70. The molecule has 264 valence electrons. The average molecular weight is 685 g/mol. The van der Waals surface area contributed by atoms with Gasteiger partial charge in [0.05, 0.1) is 28.1 Å². The number of nitrogens with one attached hydrogen (secondary N) is 3. The van der Waals surface area contributed by atoms with Crippen LogP contribution in [0.15, 0.2) is 29.4 Å². The van der Waals surface area contributed by atoms with E-state index in [1.807, 2.05) is 20.8 Å². The first-order valence-electron chi connectivity index (χ1n) is 17.4. The number of rotatable bonds is 12. The number of nitrogens with two attached hydrogens (primary N) is 1. The van der Waals surface area contributed by atoms with Crippen LogP contribution in [0, 0.1) is 28.6 Å². The molecule has 4 fully saturated rings. The van der Waals surface area contributed by atoms with Gasteiger partial charge in [-0.3, -0.25) is 23.4 Å². The molecule has 0 spiro atoms. The van der Waals surface area contributed by atoms with Gasteiger partial charge in [-0.1, -0.05) is 79.2 Å². The van der Waals surface area contributed by atoms with Gasteiger partial charge in [-0.05, 0) is 60.0 Å². The van der Waals surface area contributed by atoms with E-state index in [2.05, 4.69) is 34.8 Å². The molecule has 1 aromatic heterocycles. The Morgan fingerprint density at radius 2 is 1.73 bits per heavy atom. The summed E-state index contributed by atoms with van der Waals surface area (Å²) in [7, 11) is -1.43. The fraction of sp³-hybridized carbons (Fsp3) is 0.714. The second-order valence-electron chi connectivity index (χ2n) is 16.1. The van der Waals surface area contributed by atoms with Crippen LogP contribution >= 0.6 is 0 Å². The number of carbonyl (C=O) groups excluding carboxylic acids is 5. The lowest BCUT2D eigenvalue weighted by molar-refractivity contribution is -0.145. The van der Waals surface area contributed by atoms with Gasteiger partial charge in [-0.25, -0.2) is 9.78 Å². The SMILES string of the molecule is CC(C)(C)[C@H](NC(=O)NC1(CS(=O)c2ccccn2)CCCCC1)C(=O)N1C[C@H]2[C@@H]([C@H]1C(=O)NC(CC1CCC1)C(=O)C(N)=O)C2(C)C. The fourth-order valence-corrected chi connectivity index (χ4v) is 9.52. The number of ketones is 1. The van der Waals surface area contributed by atoms with Gasteiger partial charge in [-0.15, -0.1) is 0 Å². The Hall–Kier alpha value is -3.35. The molecule has 12 nitrogen and oxygen atoms in total. The molecule has 0 bridgehead atoms. The van der Waals surface area contributed by atoms with Crippen molar-refractivity contribution < 1.29 is 28.2 Å². The zero-order chi connectivity index (χ0) is 35.0. The maximum atomic E-state index is 14.4. The van der Waals surface area contributed by atoms with Crippen molar-refractivity contribution in [3.8, 4) is 0 Å². The number of hydrogen-bond donors (Lipinski definition) is 4. The first-order valence-corrected chi connectivity index (χ1v) is 18.7. The van der Waals surface area contributed by atoms with E-state index >= 15 is 0 Å². The number of primary amides is 1. The number of aromatic nitrogens is 1. The van der Waals surface area contributed by atoms with Crippen LogP contribution in [0.2, 0.25) is 0 Å². The molecule has 0 radical (unpaired) electrons. The van der Waals surface area contributed by atoms with Crippen LogP contribution in [-0.2, 0) is 30.0 Å². The number of likely N-dealkylation sites (tertiary alicyclic amines) is 1. The largest absolute Gasteiger partial charge is 0.363 e. The zero-order valence-corrected chi connectivity index (χ0v) is 29.7. The predicted molar refractivity (Wildman–Crippen MR) is 181 cm³/mol. The predicted octanol–water partition coefficient (Wildman–Crippen LogP) is 2.82. The summed E-state index contributed by atoms with van der Waals surface area (Å²) in [4.78, 5) is 72.6. The quantitative estimate of drug-likeness (QED) is 0.244. The normalized spacial score (nSPS) is 26.2. The molecule has 0 aromatic carbocycles. The molecule has 6 atom stereocenters. The highest BCUT2D eigenvalue weighted by atomic mass is 32.2. The molecule has 2 unspecified atom stereocenters. The van der Waals surface area contributed by atoms with Gasteiger partial charge >= 0.3 is 6.03 Å². The van der Waals surface area contributed by atoms with E-state index in [9.17, 15) is 28.2 Å². The van der Waals surface area contributed by atoms with Crippen molar-refractivity contribution in [1.82, 2.24) is 25.8 Å². The molecule has 2 heterocycles. The second-order valence-corrected chi connectivity index (χ2v) is 17.5. The summed E-state index contributed by atoms with van der Waals surface area (Å²) in [5.74, 6) is -2.39. The minimum absolute atomic E-state index is 0.0793. The number of hydrogen-bond acceptors (Lipinski definition) is 7. The minimum Gasteiger partial charge on any atom is -0.363 e. The number of carbonyl (C=O) groups is 5. The lowest BCUT2D eigenvalue weighted by Crippen LogP contribution is -2.63. The number of pyridine rings is 1. The fourth-order valence-electron chi connectivity index (χ4n) is 8.10. The maximum Gasteiger partial charge on any atom is 0.315 e. The summed E-state index contributed by atoms with van der Waals surface area (Å²) in [6.45, 7) is 10.1. The Kier molecular flexibility index (Phi) is 10.4. The number of amides is 5. The lowest BCUT2D eigenvalue weighted by Gasteiger charge is -2.40. The van der Waals surface area contributed by atoms with Crippen molar-refractivity contribution in [2.75, 3.05) is 12.3 Å². The number of fused-ring (bicyclic) bond motifs is 1. The molecule has 1 aromatic rings. The standard InChI is InChI=1S/C35H52N6O6S/c1-33(2,3)28(39-32(46)40-35(15-8-6-9-16-35)20-48(47)24-14-7-10-17-37-24)31(45)41-19-22-25(34(22,4)5)26(41)30(44)38-23(27(42)29(36)43)18-21-12-11-13-21/h7,10,14,17,21-23,25-26,28H,6,8-9,11-13,15-16,18-20H2,1-5H3,(H2,36,43)(H,38,44)(H2,39,40,46)/t22-,23?,25-,26-,28+,48?/m0/s1. The molecular formula is C35H52N6O6S. The monoisotopic (exact) mass is 684 g/mol. The van der Waals surface area contributed by atoms with E-state index in [-0.39, 0.29) is 34.8 Å². The Morgan fingerprint density at radius 1 is 1.04 bits per heavy atom. The topological polar surface area (TPSA) is 181 Å². The summed E-state index contributed by atoms with van der Waals surface area (Å²) in [6.07, 6.45) is 8.92. The summed E-state index contributed by atoms with van der Waals surface area (Å²) in [5, 5.41) is 9.33. The zero-order valence-electron chi connectivity index (χ0n) is 28.9. The molecule has 48 heavy (non-hydrogen) atoms. The van der Waals surface area contributed by atoms with Gasteiger partial charge in [0, 0.05) is 12.7 Å². The van der Waals surface area contributed by atoms with Crippen LogP contribution in [0.25, 0.3) is 0 Å². The number of nitrogens with zero attached hydrogens (tertiary/aromatic N) is 2. The lowest BCUT2D eigenvalue weighted by atomic mass is 9.80. The van der Waals surface area contributed by atoms with Gasteiger partial charge < -0.3 is 26.6 Å². The summed E-state index contributed by atoms with van der Waals surface area (Å²) < 4.78 is 13.3.